The molecule has 1 aliphatic heterocycles. The van der Waals surface area contributed by atoms with Crippen LogP contribution in [0.5, 0.6) is 0 Å². The first-order valence-electron chi connectivity index (χ1n) is 9.80. The topological polar surface area (TPSA) is 110 Å². The smallest absolute Gasteiger partial charge is 0.254 e. The third-order valence-electron chi connectivity index (χ3n) is 4.97. The Morgan fingerprint density at radius 2 is 1.88 bits per heavy atom. The van der Waals surface area contributed by atoms with Crippen LogP contribution in [0.2, 0.25) is 0 Å². The molecule has 32 heavy (non-hydrogen) atoms. The number of sulfone groups is 1. The number of fused-ring (bicyclic) bond motifs is 1. The van der Waals surface area contributed by atoms with Crippen molar-refractivity contribution in [2.75, 3.05) is 17.2 Å². The molecule has 1 aliphatic rings. The van der Waals surface area contributed by atoms with E-state index in [1.54, 1.807) is 0 Å². The maximum atomic E-state index is 14.7. The number of unbranched alkanes of at least 4 members (excludes halogenated alkanes) is 1. The van der Waals surface area contributed by atoms with Gasteiger partial charge >= 0.3 is 0 Å². The van der Waals surface area contributed by atoms with Gasteiger partial charge in [0.25, 0.3) is 5.91 Å². The molecule has 2 amide bonds. The largest absolute Gasteiger partial charge is 0.352 e. The monoisotopic (exact) mass is 487 g/mol. The van der Waals surface area contributed by atoms with Crippen LogP contribution in [0.15, 0.2) is 41.3 Å². The summed E-state index contributed by atoms with van der Waals surface area (Å²) >= 11 is 0. The Bertz CT molecular complexity index is 1110. The van der Waals surface area contributed by atoms with Gasteiger partial charge in [-0.05, 0) is 36.2 Å². The van der Waals surface area contributed by atoms with Gasteiger partial charge in [-0.1, -0.05) is 25.5 Å². The first kappa shape index (κ1) is 25.7. The third-order valence-corrected chi connectivity index (χ3v) is 6.77. The van der Waals surface area contributed by atoms with Gasteiger partial charge in [0, 0.05) is 6.54 Å². The molecule has 174 valence electrons. The second kappa shape index (κ2) is 10.4. The van der Waals surface area contributed by atoms with Gasteiger partial charge in [0.15, 0.2) is 9.84 Å². The summed E-state index contributed by atoms with van der Waals surface area (Å²) in [6.45, 7) is 2.13. The molecule has 0 aromatic heterocycles. The van der Waals surface area contributed by atoms with E-state index < -0.39 is 50.0 Å². The fraction of sp³-hybridized carbons (Fsp3) is 0.333. The number of carbonyl (C=O) groups is 2. The zero-order valence-corrected chi connectivity index (χ0v) is 18.9. The molecule has 0 aliphatic carbocycles. The minimum atomic E-state index is -4.10. The van der Waals surface area contributed by atoms with Crippen LogP contribution in [0.3, 0.4) is 0 Å². The number of nitrogens with two attached hydrogens (primary N) is 1. The molecule has 11 heteroatoms. The first-order chi connectivity index (χ1) is 14.6. The number of amides is 2. The summed E-state index contributed by atoms with van der Waals surface area (Å²) in [5, 5.41) is 2.58. The van der Waals surface area contributed by atoms with E-state index in [2.05, 4.69) is 5.32 Å². The number of rotatable bonds is 6. The highest BCUT2D eigenvalue weighted by Gasteiger charge is 2.37. The van der Waals surface area contributed by atoms with Crippen LogP contribution in [-0.4, -0.2) is 38.6 Å². The summed E-state index contributed by atoms with van der Waals surface area (Å²) < 4.78 is 53.5. The lowest BCUT2D eigenvalue weighted by molar-refractivity contribution is -0.119. The highest BCUT2D eigenvalue weighted by molar-refractivity contribution is 7.91. The Balaban J connectivity index is 0.00000363. The van der Waals surface area contributed by atoms with E-state index in [1.807, 2.05) is 6.92 Å². The zero-order valence-electron chi connectivity index (χ0n) is 17.3. The lowest BCUT2D eigenvalue weighted by atomic mass is 10.1. The standard InChI is InChI=1S/C21H23F2N3O4S.ClH/c1-2-3-8-25-20(27)15-9-18-19(10-16(15)23)31(29,30)12-17(24)21(28)26(18)11-13-4-6-14(22)7-5-13;/h4-7,9-10,17H,2-3,8,11-12,24H2,1H3,(H,25,27);1H/t17-;/m0./s1. The van der Waals surface area contributed by atoms with Crippen LogP contribution >= 0.6 is 12.4 Å². The average Bonchev–Trinajstić information content (AvgIpc) is 2.78. The summed E-state index contributed by atoms with van der Waals surface area (Å²) in [4.78, 5) is 26.0. The van der Waals surface area contributed by atoms with E-state index in [9.17, 15) is 26.8 Å². The van der Waals surface area contributed by atoms with Gasteiger partial charge in [-0.25, -0.2) is 17.2 Å². The molecular weight excluding hydrogens is 464 g/mol. The van der Waals surface area contributed by atoms with Gasteiger partial charge in [-0.15, -0.1) is 12.4 Å². The van der Waals surface area contributed by atoms with E-state index in [4.69, 9.17) is 5.73 Å². The number of nitrogens with one attached hydrogen (secondary N) is 1. The molecule has 2 aromatic carbocycles. The Morgan fingerprint density at radius 3 is 2.50 bits per heavy atom. The van der Waals surface area contributed by atoms with E-state index in [0.29, 0.717) is 18.5 Å². The van der Waals surface area contributed by atoms with Crippen LogP contribution in [0.25, 0.3) is 0 Å². The lowest BCUT2D eigenvalue weighted by Crippen LogP contribution is -2.45. The number of hydrogen-bond acceptors (Lipinski definition) is 5. The quantitative estimate of drug-likeness (QED) is 0.608. The molecule has 0 bridgehead atoms. The number of halogens is 3. The van der Waals surface area contributed by atoms with Crippen LogP contribution in [0.1, 0.15) is 35.7 Å². The molecule has 1 atom stereocenters. The lowest BCUT2D eigenvalue weighted by Gasteiger charge is -2.25. The molecule has 3 N–H and O–H groups in total. The summed E-state index contributed by atoms with van der Waals surface area (Å²) in [7, 11) is -4.10. The van der Waals surface area contributed by atoms with Crippen LogP contribution in [0, 0.1) is 11.6 Å². The highest BCUT2D eigenvalue weighted by Crippen LogP contribution is 2.34. The summed E-state index contributed by atoms with van der Waals surface area (Å²) in [6, 6.07) is 5.72. The van der Waals surface area contributed by atoms with Crippen molar-refractivity contribution >= 4 is 39.7 Å². The van der Waals surface area contributed by atoms with Crippen molar-refractivity contribution < 1.29 is 26.8 Å². The fourth-order valence-electron chi connectivity index (χ4n) is 3.30. The zero-order chi connectivity index (χ0) is 22.8. The van der Waals surface area contributed by atoms with Crippen molar-refractivity contribution in [3.05, 3.63) is 59.2 Å². The molecule has 2 aromatic rings. The Labute approximate surface area is 191 Å². The molecule has 3 rings (SSSR count). The number of hydrogen-bond donors (Lipinski definition) is 2. The van der Waals surface area contributed by atoms with Crippen LogP contribution in [0.4, 0.5) is 14.5 Å². The van der Waals surface area contributed by atoms with Crippen molar-refractivity contribution in [3.8, 4) is 0 Å². The second-order valence-electron chi connectivity index (χ2n) is 7.35. The van der Waals surface area contributed by atoms with Crippen molar-refractivity contribution in [1.29, 1.82) is 0 Å². The van der Waals surface area contributed by atoms with Gasteiger partial charge in [0.1, 0.15) is 11.6 Å². The fourth-order valence-corrected chi connectivity index (χ4v) is 4.87. The molecule has 0 spiro atoms. The third kappa shape index (κ3) is 5.43. The van der Waals surface area contributed by atoms with Crippen molar-refractivity contribution in [2.24, 2.45) is 5.73 Å². The number of carbonyl (C=O) groups excluding carboxylic acids is 2. The number of anilines is 1. The van der Waals surface area contributed by atoms with E-state index in [0.717, 1.165) is 23.5 Å². The molecule has 0 fully saturated rings. The predicted octanol–water partition coefficient (Wildman–Crippen LogP) is 2.56. The summed E-state index contributed by atoms with van der Waals surface area (Å²) in [5.41, 5.74) is 5.81. The minimum Gasteiger partial charge on any atom is -0.352 e. The van der Waals surface area contributed by atoms with Crippen molar-refractivity contribution in [1.82, 2.24) is 5.32 Å². The maximum Gasteiger partial charge on any atom is 0.254 e. The number of benzene rings is 2. The average molecular weight is 488 g/mol. The van der Waals surface area contributed by atoms with E-state index >= 15 is 0 Å². The van der Waals surface area contributed by atoms with Gasteiger partial charge < -0.3 is 16.0 Å². The van der Waals surface area contributed by atoms with Gasteiger partial charge in [-0.3, -0.25) is 9.59 Å². The molecule has 7 nitrogen and oxygen atoms in total. The predicted molar refractivity (Wildman–Crippen MR) is 119 cm³/mol. The Morgan fingerprint density at radius 1 is 1.22 bits per heavy atom. The summed E-state index contributed by atoms with van der Waals surface area (Å²) in [5.74, 6) is -3.59. The number of nitrogens with zero attached hydrogens (tertiary/aromatic N) is 1. The maximum absolute atomic E-state index is 14.7. The molecular formula is C21H24ClF2N3O4S. The van der Waals surface area contributed by atoms with Gasteiger partial charge in [0.2, 0.25) is 5.91 Å². The summed E-state index contributed by atoms with van der Waals surface area (Å²) in [6.07, 6.45) is 1.51. The van der Waals surface area contributed by atoms with E-state index in [1.165, 1.54) is 24.3 Å². The highest BCUT2D eigenvalue weighted by atomic mass is 35.5. The van der Waals surface area contributed by atoms with Gasteiger partial charge in [-0.2, -0.15) is 0 Å². The van der Waals surface area contributed by atoms with Crippen molar-refractivity contribution in [2.45, 2.75) is 37.2 Å². The molecule has 0 saturated carbocycles. The normalized spacial score (nSPS) is 17.2. The Hall–Kier alpha value is -2.56. The molecule has 0 radical (unpaired) electrons. The van der Waals surface area contributed by atoms with Crippen LogP contribution in [-0.2, 0) is 21.2 Å². The molecule has 1 heterocycles. The Kier molecular flexibility index (Phi) is 8.33. The molecule has 0 saturated heterocycles. The first-order valence-corrected chi connectivity index (χ1v) is 11.4. The van der Waals surface area contributed by atoms with Gasteiger partial charge in [0.05, 0.1) is 34.5 Å². The SMILES string of the molecule is CCCCNC(=O)c1cc2c(cc1F)S(=O)(=O)C[C@H](N)C(=O)N2Cc1ccc(F)cc1.Cl. The second-order valence-corrected chi connectivity index (χ2v) is 9.35. The minimum absolute atomic E-state index is 0. The van der Waals surface area contributed by atoms with E-state index in [-0.39, 0.29) is 30.2 Å². The molecule has 0 unspecified atom stereocenters. The van der Waals surface area contributed by atoms with Crippen molar-refractivity contribution in [3.63, 3.8) is 0 Å². The van der Waals surface area contributed by atoms with Crippen LogP contribution < -0.4 is 16.0 Å².